The topological polar surface area (TPSA) is 113 Å². The summed E-state index contributed by atoms with van der Waals surface area (Å²) in [6.45, 7) is 1.99. The van der Waals surface area contributed by atoms with Gasteiger partial charge in [-0.15, -0.1) is 23.1 Å². The molecule has 2 aromatic rings. The first kappa shape index (κ1) is 22.4. The molecule has 1 aromatic heterocycles. The molecule has 0 spiro atoms. The fraction of sp³-hybridized carbons (Fsp3) is 0.273. The number of nitrogens with zero attached hydrogens (tertiary/aromatic N) is 3. The average Bonchev–Trinajstić information content (AvgIpc) is 3.14. The summed E-state index contributed by atoms with van der Waals surface area (Å²) in [7, 11) is 0. The van der Waals surface area contributed by atoms with Crippen LogP contribution >= 0.6 is 34.7 Å². The van der Waals surface area contributed by atoms with Gasteiger partial charge in [-0.3, -0.25) is 19.8 Å². The van der Waals surface area contributed by atoms with Crippen molar-refractivity contribution in [3.63, 3.8) is 0 Å². The highest BCUT2D eigenvalue weighted by molar-refractivity contribution is 8.00. The SMILES string of the molecule is CSc1sc(C)cc1C1C(C#N)=C(N)N(c2cc([N+](=O)[O-])ccc2Cl)C2=C1C(=O)CCC2. The summed E-state index contributed by atoms with van der Waals surface area (Å²) in [6, 6.07) is 8.30. The van der Waals surface area contributed by atoms with Crippen molar-refractivity contribution in [2.24, 2.45) is 5.73 Å². The van der Waals surface area contributed by atoms with E-state index in [0.717, 1.165) is 14.6 Å². The maximum absolute atomic E-state index is 13.2. The van der Waals surface area contributed by atoms with Crippen LogP contribution in [0.1, 0.15) is 35.6 Å². The monoisotopic (exact) mass is 486 g/mol. The largest absolute Gasteiger partial charge is 0.384 e. The number of anilines is 1. The summed E-state index contributed by atoms with van der Waals surface area (Å²) < 4.78 is 1.03. The lowest BCUT2D eigenvalue weighted by atomic mass is 9.76. The molecule has 0 bridgehead atoms. The molecule has 0 radical (unpaired) electrons. The van der Waals surface area contributed by atoms with Gasteiger partial charge in [0, 0.05) is 34.7 Å². The smallest absolute Gasteiger partial charge is 0.271 e. The first-order chi connectivity index (χ1) is 15.3. The molecule has 7 nitrogen and oxygen atoms in total. The Morgan fingerprint density at radius 3 is 2.78 bits per heavy atom. The lowest BCUT2D eigenvalue weighted by molar-refractivity contribution is -0.384. The number of carbonyl (C=O) groups excluding carboxylic acids is 1. The van der Waals surface area contributed by atoms with Crippen LogP contribution in [0.5, 0.6) is 0 Å². The number of carbonyl (C=O) groups is 1. The molecule has 2 heterocycles. The Hall–Kier alpha value is -2.80. The number of halogens is 1. The molecular formula is C22H19ClN4O3S2. The van der Waals surface area contributed by atoms with Gasteiger partial charge in [-0.05, 0) is 43.7 Å². The normalized spacial score (nSPS) is 18.6. The van der Waals surface area contributed by atoms with Gasteiger partial charge in [-0.2, -0.15) is 5.26 Å². The van der Waals surface area contributed by atoms with E-state index in [0.29, 0.717) is 36.2 Å². The Kier molecular flexibility index (Phi) is 6.03. The Labute approximate surface area is 198 Å². The standard InChI is InChI=1S/C22H19ClN4O3S2/c1-11-8-13(22(31-2)32-11)19-14(10-24)21(25)26(16-4-3-5-18(28)20(16)19)17-9-12(27(29)30)6-7-15(17)23/h6-9,19H,3-5,25H2,1-2H3. The van der Waals surface area contributed by atoms with E-state index in [4.69, 9.17) is 17.3 Å². The number of hydrogen-bond donors (Lipinski definition) is 1. The van der Waals surface area contributed by atoms with Crippen molar-refractivity contribution in [3.05, 3.63) is 72.5 Å². The van der Waals surface area contributed by atoms with Crippen molar-refractivity contribution in [1.29, 1.82) is 5.26 Å². The number of aryl methyl sites for hydroxylation is 1. The number of allylic oxidation sites excluding steroid dienone is 3. The highest BCUT2D eigenvalue weighted by atomic mass is 35.5. The van der Waals surface area contributed by atoms with Crippen LogP contribution < -0.4 is 10.6 Å². The maximum Gasteiger partial charge on any atom is 0.271 e. The lowest BCUT2D eigenvalue weighted by Crippen LogP contribution is -2.38. The quantitative estimate of drug-likeness (QED) is 0.337. The minimum Gasteiger partial charge on any atom is -0.384 e. The van der Waals surface area contributed by atoms with Gasteiger partial charge in [0.15, 0.2) is 5.78 Å². The van der Waals surface area contributed by atoms with Gasteiger partial charge in [-0.25, -0.2) is 0 Å². The summed E-state index contributed by atoms with van der Waals surface area (Å²) in [6.07, 6.45) is 3.51. The Morgan fingerprint density at radius 2 is 2.12 bits per heavy atom. The number of nitro groups is 1. The minimum atomic E-state index is -0.566. The van der Waals surface area contributed by atoms with E-state index in [1.807, 2.05) is 19.2 Å². The predicted molar refractivity (Wildman–Crippen MR) is 127 cm³/mol. The lowest BCUT2D eigenvalue weighted by Gasteiger charge is -2.39. The van der Waals surface area contributed by atoms with Gasteiger partial charge >= 0.3 is 0 Å². The Bertz CT molecular complexity index is 1260. The van der Waals surface area contributed by atoms with Crippen LogP contribution in [0, 0.1) is 28.4 Å². The molecule has 0 saturated heterocycles. The van der Waals surface area contributed by atoms with Crippen molar-refractivity contribution >= 4 is 51.9 Å². The van der Waals surface area contributed by atoms with E-state index in [9.17, 15) is 20.2 Å². The van der Waals surface area contributed by atoms with E-state index >= 15 is 0 Å². The highest BCUT2D eigenvalue weighted by Crippen LogP contribution is 2.50. The number of nitro benzene ring substituents is 1. The maximum atomic E-state index is 13.2. The van der Waals surface area contributed by atoms with Crippen LogP contribution in [-0.2, 0) is 4.79 Å². The summed E-state index contributed by atoms with van der Waals surface area (Å²) in [5.41, 5.74) is 9.00. The molecule has 2 N–H and O–H groups in total. The molecule has 0 fully saturated rings. The second-order valence-corrected chi connectivity index (χ2v) is 10.3. The van der Waals surface area contributed by atoms with Crippen LogP contribution in [0.2, 0.25) is 5.02 Å². The summed E-state index contributed by atoms with van der Waals surface area (Å²) in [5.74, 6) is -0.466. The number of thioether (sulfide) groups is 1. The molecule has 1 aliphatic heterocycles. The number of benzene rings is 1. The zero-order chi connectivity index (χ0) is 23.2. The summed E-state index contributed by atoms with van der Waals surface area (Å²) in [4.78, 5) is 26.7. The molecule has 1 unspecified atom stereocenters. The van der Waals surface area contributed by atoms with Gasteiger partial charge in [0.05, 0.1) is 37.4 Å². The zero-order valence-electron chi connectivity index (χ0n) is 17.3. The molecule has 1 aliphatic carbocycles. The zero-order valence-corrected chi connectivity index (χ0v) is 19.7. The Morgan fingerprint density at radius 1 is 1.38 bits per heavy atom. The Balaban J connectivity index is 2.02. The summed E-state index contributed by atoms with van der Waals surface area (Å²) in [5, 5.41) is 21.7. The van der Waals surface area contributed by atoms with E-state index in [-0.39, 0.29) is 27.9 Å². The van der Waals surface area contributed by atoms with Crippen LogP contribution in [0.15, 0.2) is 51.1 Å². The first-order valence-corrected chi connectivity index (χ1v) is 12.2. The van der Waals surface area contributed by atoms with Gasteiger partial charge in [-0.1, -0.05) is 11.6 Å². The van der Waals surface area contributed by atoms with Gasteiger partial charge in [0.1, 0.15) is 5.82 Å². The number of rotatable bonds is 4. The third-order valence-corrected chi connectivity index (χ3v) is 8.18. The van der Waals surface area contributed by atoms with E-state index in [2.05, 4.69) is 6.07 Å². The van der Waals surface area contributed by atoms with E-state index in [1.165, 1.54) is 18.2 Å². The third kappa shape index (κ3) is 3.58. The molecule has 10 heteroatoms. The summed E-state index contributed by atoms with van der Waals surface area (Å²) >= 11 is 9.61. The fourth-order valence-electron chi connectivity index (χ4n) is 4.33. The minimum absolute atomic E-state index is 0.0426. The van der Waals surface area contributed by atoms with Crippen LogP contribution in [0.4, 0.5) is 11.4 Å². The van der Waals surface area contributed by atoms with E-state index < -0.39 is 10.8 Å². The van der Waals surface area contributed by atoms with Crippen molar-refractivity contribution < 1.29 is 9.72 Å². The number of non-ortho nitro benzene ring substituents is 1. The van der Waals surface area contributed by atoms with Crippen molar-refractivity contribution in [1.82, 2.24) is 0 Å². The van der Waals surface area contributed by atoms with Crippen molar-refractivity contribution in [3.8, 4) is 6.07 Å². The number of nitrogens with two attached hydrogens (primary N) is 1. The van der Waals surface area contributed by atoms with Crippen LogP contribution in [0.3, 0.4) is 0 Å². The molecule has 0 amide bonds. The molecule has 2 aliphatic rings. The first-order valence-electron chi connectivity index (χ1n) is 9.82. The molecule has 1 aromatic carbocycles. The number of nitriles is 1. The van der Waals surface area contributed by atoms with Crippen molar-refractivity contribution in [2.45, 2.75) is 36.3 Å². The number of thiophene rings is 1. The van der Waals surface area contributed by atoms with Crippen LogP contribution in [0.25, 0.3) is 0 Å². The fourth-order valence-corrected chi connectivity index (χ4v) is 6.45. The average molecular weight is 487 g/mol. The molecule has 1 atom stereocenters. The third-order valence-electron chi connectivity index (χ3n) is 5.64. The van der Waals surface area contributed by atoms with Gasteiger partial charge in [0.2, 0.25) is 0 Å². The van der Waals surface area contributed by atoms with Gasteiger partial charge < -0.3 is 5.73 Å². The number of hydrogen-bond acceptors (Lipinski definition) is 8. The molecule has 0 saturated carbocycles. The second kappa shape index (κ2) is 8.62. The van der Waals surface area contributed by atoms with Gasteiger partial charge in [0.25, 0.3) is 5.69 Å². The molecular weight excluding hydrogens is 468 g/mol. The molecule has 164 valence electrons. The van der Waals surface area contributed by atoms with Crippen molar-refractivity contribution in [2.75, 3.05) is 11.2 Å². The number of ketones is 1. The number of Topliss-reactive ketones (excluding diaryl/α,β-unsaturated/α-hetero) is 1. The second-order valence-electron chi connectivity index (χ2n) is 7.51. The van der Waals surface area contributed by atoms with E-state index in [1.54, 1.807) is 28.0 Å². The highest BCUT2D eigenvalue weighted by Gasteiger charge is 2.42. The molecule has 4 rings (SSSR count). The van der Waals surface area contributed by atoms with Crippen LogP contribution in [-0.4, -0.2) is 17.0 Å². The molecule has 32 heavy (non-hydrogen) atoms. The predicted octanol–water partition coefficient (Wildman–Crippen LogP) is 5.64.